The van der Waals surface area contributed by atoms with Crippen LogP contribution in [0.2, 0.25) is 0 Å². The summed E-state index contributed by atoms with van der Waals surface area (Å²) in [6, 6.07) is 9.49. The van der Waals surface area contributed by atoms with Crippen LogP contribution in [0, 0.1) is 0 Å². The highest BCUT2D eigenvalue weighted by atomic mass is 16.5. The summed E-state index contributed by atoms with van der Waals surface area (Å²) in [5.41, 5.74) is 0.813. The fourth-order valence-electron chi connectivity index (χ4n) is 2.31. The van der Waals surface area contributed by atoms with Crippen molar-refractivity contribution < 1.29 is 9.53 Å². The highest BCUT2D eigenvalue weighted by Crippen LogP contribution is 2.21. The summed E-state index contributed by atoms with van der Waals surface area (Å²) in [5.74, 6) is 0.223. The van der Waals surface area contributed by atoms with E-state index in [2.05, 4.69) is 0 Å². The van der Waals surface area contributed by atoms with E-state index in [1.807, 2.05) is 30.3 Å². The van der Waals surface area contributed by atoms with Crippen LogP contribution in [0.15, 0.2) is 30.3 Å². The molecule has 0 spiro atoms. The van der Waals surface area contributed by atoms with Gasteiger partial charge >= 0.3 is 0 Å². The maximum absolute atomic E-state index is 11.8. The van der Waals surface area contributed by atoms with Gasteiger partial charge in [-0.1, -0.05) is 43.2 Å². The highest BCUT2D eigenvalue weighted by molar-refractivity contribution is 5.95. The minimum atomic E-state index is 0.223. The zero-order chi connectivity index (χ0) is 11.9. The average Bonchev–Trinajstić information content (AvgIpc) is 2.88. The Bertz CT molecular complexity index is 339. The highest BCUT2D eigenvalue weighted by Gasteiger charge is 2.15. The van der Waals surface area contributed by atoms with Crippen LogP contribution >= 0.6 is 0 Å². The first kappa shape index (κ1) is 12.3. The normalized spacial score (nSPS) is 16.2. The summed E-state index contributed by atoms with van der Waals surface area (Å²) >= 11 is 0. The van der Waals surface area contributed by atoms with Crippen LogP contribution in [0.5, 0.6) is 0 Å². The van der Waals surface area contributed by atoms with E-state index >= 15 is 0 Å². The zero-order valence-electron chi connectivity index (χ0n) is 10.2. The molecule has 1 aliphatic rings. The van der Waals surface area contributed by atoms with Gasteiger partial charge < -0.3 is 4.74 Å². The van der Waals surface area contributed by atoms with Crippen molar-refractivity contribution in [3.05, 3.63) is 35.9 Å². The van der Waals surface area contributed by atoms with Crippen LogP contribution in [0.25, 0.3) is 0 Å². The van der Waals surface area contributed by atoms with Gasteiger partial charge in [0, 0.05) is 18.6 Å². The van der Waals surface area contributed by atoms with Gasteiger partial charge in [0.25, 0.3) is 0 Å². The van der Waals surface area contributed by atoms with Crippen molar-refractivity contribution in [2.45, 2.75) is 44.6 Å². The number of carbonyl (C=O) groups is 1. The number of hydrogen-bond donors (Lipinski definition) is 0. The van der Waals surface area contributed by atoms with Gasteiger partial charge in [-0.3, -0.25) is 4.79 Å². The molecule has 0 radical (unpaired) electrons. The quantitative estimate of drug-likeness (QED) is 0.553. The summed E-state index contributed by atoms with van der Waals surface area (Å²) in [4.78, 5) is 11.8. The number of benzene rings is 1. The molecule has 1 saturated carbocycles. The molecule has 0 aliphatic heterocycles. The zero-order valence-corrected chi connectivity index (χ0v) is 10.2. The second-order valence-corrected chi connectivity index (χ2v) is 4.67. The topological polar surface area (TPSA) is 26.3 Å². The Morgan fingerprint density at radius 3 is 2.59 bits per heavy atom. The van der Waals surface area contributed by atoms with Gasteiger partial charge in [-0.2, -0.15) is 0 Å². The number of carbonyl (C=O) groups excluding carboxylic acids is 1. The summed E-state index contributed by atoms with van der Waals surface area (Å²) in [6.45, 7) is 0.725. The summed E-state index contributed by atoms with van der Waals surface area (Å²) in [7, 11) is 0. The Labute approximate surface area is 103 Å². The van der Waals surface area contributed by atoms with Gasteiger partial charge in [-0.05, 0) is 19.3 Å². The van der Waals surface area contributed by atoms with Crippen molar-refractivity contribution in [2.24, 2.45) is 0 Å². The fourth-order valence-corrected chi connectivity index (χ4v) is 2.31. The van der Waals surface area contributed by atoms with Gasteiger partial charge in [0.2, 0.25) is 0 Å². The Balaban J connectivity index is 1.63. The SMILES string of the molecule is O=C(CCCOC1CCCC1)c1ccccc1. The van der Waals surface area contributed by atoms with Gasteiger partial charge in [0.1, 0.15) is 0 Å². The Morgan fingerprint density at radius 2 is 1.88 bits per heavy atom. The molecule has 0 bridgehead atoms. The smallest absolute Gasteiger partial charge is 0.162 e. The molecule has 92 valence electrons. The van der Waals surface area contributed by atoms with Crippen molar-refractivity contribution in [3.63, 3.8) is 0 Å². The van der Waals surface area contributed by atoms with E-state index in [9.17, 15) is 4.79 Å². The van der Waals surface area contributed by atoms with E-state index in [4.69, 9.17) is 4.74 Å². The molecule has 2 heteroatoms. The largest absolute Gasteiger partial charge is 0.378 e. The van der Waals surface area contributed by atoms with Crippen LogP contribution in [0.4, 0.5) is 0 Å². The van der Waals surface area contributed by atoms with Crippen LogP contribution in [0.1, 0.15) is 48.9 Å². The molecule has 1 aromatic rings. The number of Topliss-reactive ketones (excluding diaryl/α,β-unsaturated/α-hetero) is 1. The van der Waals surface area contributed by atoms with Gasteiger partial charge in [-0.15, -0.1) is 0 Å². The predicted molar refractivity (Wildman–Crippen MR) is 68.2 cm³/mol. The van der Waals surface area contributed by atoms with Gasteiger partial charge in [-0.25, -0.2) is 0 Å². The molecule has 1 aliphatic carbocycles. The summed E-state index contributed by atoms with van der Waals surface area (Å²) in [5, 5.41) is 0. The minimum Gasteiger partial charge on any atom is -0.378 e. The molecule has 0 amide bonds. The number of hydrogen-bond acceptors (Lipinski definition) is 2. The first-order chi connectivity index (χ1) is 8.36. The third-order valence-electron chi connectivity index (χ3n) is 3.30. The molecule has 0 heterocycles. The van der Waals surface area contributed by atoms with E-state index < -0.39 is 0 Å². The maximum atomic E-state index is 11.8. The lowest BCUT2D eigenvalue weighted by atomic mass is 10.1. The monoisotopic (exact) mass is 232 g/mol. The second kappa shape index (κ2) is 6.55. The van der Waals surface area contributed by atoms with Crippen LogP contribution in [-0.4, -0.2) is 18.5 Å². The third kappa shape index (κ3) is 3.97. The van der Waals surface area contributed by atoms with Crippen molar-refractivity contribution in [1.82, 2.24) is 0 Å². The standard InChI is InChI=1S/C15H20O2/c16-15(13-7-2-1-3-8-13)11-6-12-17-14-9-4-5-10-14/h1-3,7-8,14H,4-6,9-12H2. The van der Waals surface area contributed by atoms with E-state index in [1.54, 1.807) is 0 Å². The van der Waals surface area contributed by atoms with E-state index in [1.165, 1.54) is 25.7 Å². The Hall–Kier alpha value is -1.15. The molecule has 1 aromatic carbocycles. The molecule has 0 atom stereocenters. The Kier molecular flexibility index (Phi) is 4.75. The molecule has 17 heavy (non-hydrogen) atoms. The molecule has 1 fully saturated rings. The lowest BCUT2D eigenvalue weighted by molar-refractivity contribution is 0.0546. The second-order valence-electron chi connectivity index (χ2n) is 4.67. The molecular formula is C15H20O2. The van der Waals surface area contributed by atoms with Crippen molar-refractivity contribution >= 4 is 5.78 Å². The molecule has 0 aromatic heterocycles. The number of ether oxygens (including phenoxy) is 1. The number of ketones is 1. The van der Waals surface area contributed by atoms with Crippen LogP contribution in [-0.2, 0) is 4.74 Å². The first-order valence-electron chi connectivity index (χ1n) is 6.56. The average molecular weight is 232 g/mol. The number of rotatable bonds is 6. The van der Waals surface area contributed by atoms with E-state index in [0.717, 1.165) is 18.6 Å². The van der Waals surface area contributed by atoms with Crippen molar-refractivity contribution in [1.29, 1.82) is 0 Å². The van der Waals surface area contributed by atoms with Gasteiger partial charge in [0.15, 0.2) is 5.78 Å². The maximum Gasteiger partial charge on any atom is 0.162 e. The van der Waals surface area contributed by atoms with Crippen molar-refractivity contribution in [2.75, 3.05) is 6.61 Å². The molecule has 0 saturated heterocycles. The third-order valence-corrected chi connectivity index (χ3v) is 3.30. The van der Waals surface area contributed by atoms with Crippen LogP contribution in [0.3, 0.4) is 0 Å². The van der Waals surface area contributed by atoms with E-state index in [0.29, 0.717) is 12.5 Å². The lowest BCUT2D eigenvalue weighted by Crippen LogP contribution is -2.09. The molecule has 0 unspecified atom stereocenters. The van der Waals surface area contributed by atoms with Crippen LogP contribution < -0.4 is 0 Å². The van der Waals surface area contributed by atoms with E-state index in [-0.39, 0.29) is 5.78 Å². The Morgan fingerprint density at radius 1 is 1.18 bits per heavy atom. The molecular weight excluding hydrogens is 212 g/mol. The molecule has 2 rings (SSSR count). The predicted octanol–water partition coefficient (Wildman–Crippen LogP) is 3.61. The lowest BCUT2D eigenvalue weighted by Gasteiger charge is -2.10. The van der Waals surface area contributed by atoms with Gasteiger partial charge in [0.05, 0.1) is 6.10 Å². The summed E-state index contributed by atoms with van der Waals surface area (Å²) < 4.78 is 5.74. The molecule has 0 N–H and O–H groups in total. The first-order valence-corrected chi connectivity index (χ1v) is 6.56. The fraction of sp³-hybridized carbons (Fsp3) is 0.533. The minimum absolute atomic E-state index is 0.223. The summed E-state index contributed by atoms with van der Waals surface area (Å²) in [6.07, 6.45) is 6.89. The molecule has 2 nitrogen and oxygen atoms in total. The van der Waals surface area contributed by atoms with Crippen molar-refractivity contribution in [3.8, 4) is 0 Å².